The van der Waals surface area contributed by atoms with E-state index in [9.17, 15) is 0 Å². The third kappa shape index (κ3) is 4.10. The summed E-state index contributed by atoms with van der Waals surface area (Å²) in [5, 5.41) is 0. The van der Waals surface area contributed by atoms with Gasteiger partial charge in [-0.25, -0.2) is 0 Å². The van der Waals surface area contributed by atoms with Gasteiger partial charge in [-0.1, -0.05) is 5.92 Å². The van der Waals surface area contributed by atoms with Crippen LogP contribution in [0.15, 0.2) is 0 Å². The van der Waals surface area contributed by atoms with Crippen molar-refractivity contribution >= 4 is 15.9 Å². The number of hydrogen-bond acceptors (Lipinski definition) is 2. The van der Waals surface area contributed by atoms with Gasteiger partial charge in [-0.05, 0) is 24.1 Å². The van der Waals surface area contributed by atoms with Crippen LogP contribution >= 0.6 is 15.9 Å². The predicted molar refractivity (Wildman–Crippen MR) is 50.9 cm³/mol. The van der Waals surface area contributed by atoms with E-state index in [4.69, 9.17) is 9.47 Å². The van der Waals surface area contributed by atoms with Crippen molar-refractivity contribution in [3.8, 4) is 10.8 Å². The normalized spacial score (nSPS) is 22.9. The van der Waals surface area contributed by atoms with Gasteiger partial charge in [0.2, 0.25) is 0 Å². The second kappa shape index (κ2) is 6.47. The molecule has 0 N–H and O–H groups in total. The highest BCUT2D eigenvalue weighted by atomic mass is 79.9. The minimum Gasteiger partial charge on any atom is -0.353 e. The lowest BCUT2D eigenvalue weighted by molar-refractivity contribution is -0.161. The van der Waals surface area contributed by atoms with Crippen LogP contribution < -0.4 is 0 Å². The molecular formula is C9H13BrO2. The van der Waals surface area contributed by atoms with Gasteiger partial charge in [0.15, 0.2) is 6.29 Å². The van der Waals surface area contributed by atoms with Gasteiger partial charge >= 0.3 is 0 Å². The van der Waals surface area contributed by atoms with E-state index in [2.05, 4.69) is 26.7 Å². The summed E-state index contributed by atoms with van der Waals surface area (Å²) in [7, 11) is 0. The molecule has 0 aromatic heterocycles. The van der Waals surface area contributed by atoms with E-state index in [1.54, 1.807) is 0 Å². The highest BCUT2D eigenvalue weighted by Gasteiger charge is 2.12. The molecule has 1 atom stereocenters. The van der Waals surface area contributed by atoms with Crippen molar-refractivity contribution in [2.45, 2.75) is 32.0 Å². The summed E-state index contributed by atoms with van der Waals surface area (Å²) in [5.41, 5.74) is 0. The molecule has 0 saturated carbocycles. The lowest BCUT2D eigenvalue weighted by Crippen LogP contribution is -2.22. The summed E-state index contributed by atoms with van der Waals surface area (Å²) in [6.45, 7) is 1.51. The fraction of sp³-hybridized carbons (Fsp3) is 0.778. The second-order valence-electron chi connectivity index (χ2n) is 2.69. The lowest BCUT2D eigenvalue weighted by atomic mass is 10.2. The third-order valence-corrected chi connectivity index (χ3v) is 2.02. The summed E-state index contributed by atoms with van der Waals surface area (Å²) in [6, 6.07) is 0. The van der Waals surface area contributed by atoms with Crippen LogP contribution in [0, 0.1) is 10.8 Å². The molecule has 0 radical (unpaired) electrons. The SMILES string of the molecule is BrC#CCCOC1CCCCO1. The summed E-state index contributed by atoms with van der Waals surface area (Å²) < 4.78 is 10.8. The molecule has 0 bridgehead atoms. The molecule has 0 spiro atoms. The maximum Gasteiger partial charge on any atom is 0.157 e. The highest BCUT2D eigenvalue weighted by Crippen LogP contribution is 2.13. The van der Waals surface area contributed by atoms with Gasteiger partial charge in [0.1, 0.15) is 0 Å². The van der Waals surface area contributed by atoms with Crippen LogP contribution in [0.1, 0.15) is 25.7 Å². The van der Waals surface area contributed by atoms with Crippen LogP contribution in [0.2, 0.25) is 0 Å². The molecule has 0 aromatic rings. The Bertz CT molecular complexity index is 165. The minimum atomic E-state index is 0.0240. The lowest BCUT2D eigenvalue weighted by Gasteiger charge is -2.22. The minimum absolute atomic E-state index is 0.0240. The first-order valence-corrected chi connectivity index (χ1v) is 5.04. The van der Waals surface area contributed by atoms with Crippen LogP contribution in [-0.2, 0) is 9.47 Å². The van der Waals surface area contributed by atoms with Gasteiger partial charge in [0.25, 0.3) is 0 Å². The average Bonchev–Trinajstić information content (AvgIpc) is 2.14. The van der Waals surface area contributed by atoms with Gasteiger partial charge in [0.05, 0.1) is 6.61 Å². The Morgan fingerprint density at radius 2 is 2.42 bits per heavy atom. The van der Waals surface area contributed by atoms with E-state index in [1.807, 2.05) is 0 Å². The summed E-state index contributed by atoms with van der Waals surface area (Å²) in [5.74, 6) is 2.87. The Morgan fingerprint density at radius 3 is 3.08 bits per heavy atom. The quantitative estimate of drug-likeness (QED) is 0.550. The van der Waals surface area contributed by atoms with Crippen molar-refractivity contribution in [3.05, 3.63) is 0 Å². The maximum absolute atomic E-state index is 5.44. The maximum atomic E-state index is 5.44. The van der Waals surface area contributed by atoms with E-state index in [-0.39, 0.29) is 6.29 Å². The van der Waals surface area contributed by atoms with Crippen molar-refractivity contribution in [2.24, 2.45) is 0 Å². The topological polar surface area (TPSA) is 18.5 Å². The Kier molecular flexibility index (Phi) is 5.42. The highest BCUT2D eigenvalue weighted by molar-refractivity contribution is 9.12. The van der Waals surface area contributed by atoms with Gasteiger partial charge in [-0.3, -0.25) is 0 Å². The zero-order valence-corrected chi connectivity index (χ0v) is 8.60. The van der Waals surface area contributed by atoms with Gasteiger partial charge in [-0.2, -0.15) is 0 Å². The molecule has 1 aliphatic rings. The van der Waals surface area contributed by atoms with Crippen molar-refractivity contribution < 1.29 is 9.47 Å². The first-order chi connectivity index (χ1) is 5.93. The Labute approximate surface area is 81.7 Å². The molecular weight excluding hydrogens is 220 g/mol. The van der Waals surface area contributed by atoms with Crippen molar-refractivity contribution in [1.82, 2.24) is 0 Å². The average molecular weight is 233 g/mol. The molecule has 1 aliphatic heterocycles. The molecule has 68 valence electrons. The smallest absolute Gasteiger partial charge is 0.157 e. The van der Waals surface area contributed by atoms with Crippen LogP contribution in [0.4, 0.5) is 0 Å². The first kappa shape index (κ1) is 10.0. The zero-order chi connectivity index (χ0) is 8.65. The molecule has 1 fully saturated rings. The zero-order valence-electron chi connectivity index (χ0n) is 7.01. The van der Waals surface area contributed by atoms with Crippen molar-refractivity contribution in [3.63, 3.8) is 0 Å². The molecule has 0 amide bonds. The largest absolute Gasteiger partial charge is 0.353 e. The predicted octanol–water partition coefficient (Wildman–Crippen LogP) is 2.28. The van der Waals surface area contributed by atoms with E-state index < -0.39 is 0 Å². The van der Waals surface area contributed by atoms with Gasteiger partial charge in [-0.15, -0.1) is 0 Å². The molecule has 1 saturated heterocycles. The van der Waals surface area contributed by atoms with E-state index in [0.717, 1.165) is 19.4 Å². The van der Waals surface area contributed by atoms with E-state index in [1.165, 1.54) is 12.8 Å². The molecule has 1 rings (SSSR count). The van der Waals surface area contributed by atoms with Crippen LogP contribution in [0.25, 0.3) is 0 Å². The molecule has 12 heavy (non-hydrogen) atoms. The fourth-order valence-electron chi connectivity index (χ4n) is 1.13. The summed E-state index contributed by atoms with van der Waals surface area (Å²) >= 11 is 3.03. The molecule has 3 heteroatoms. The number of halogens is 1. The monoisotopic (exact) mass is 232 g/mol. The second-order valence-corrected chi connectivity index (χ2v) is 3.08. The molecule has 1 heterocycles. The van der Waals surface area contributed by atoms with E-state index >= 15 is 0 Å². The molecule has 0 aliphatic carbocycles. The number of ether oxygens (including phenoxy) is 2. The van der Waals surface area contributed by atoms with E-state index in [0.29, 0.717) is 6.61 Å². The van der Waals surface area contributed by atoms with Crippen LogP contribution in [-0.4, -0.2) is 19.5 Å². The first-order valence-electron chi connectivity index (χ1n) is 4.25. The molecule has 0 aromatic carbocycles. The summed E-state index contributed by atoms with van der Waals surface area (Å²) in [4.78, 5) is 2.65. The summed E-state index contributed by atoms with van der Waals surface area (Å²) in [6.07, 6.45) is 4.21. The van der Waals surface area contributed by atoms with Crippen molar-refractivity contribution in [2.75, 3.05) is 13.2 Å². The Balaban J connectivity index is 2.00. The van der Waals surface area contributed by atoms with Gasteiger partial charge < -0.3 is 9.47 Å². The standard InChI is InChI=1S/C9H13BrO2/c10-6-2-4-8-12-9-5-1-3-7-11-9/h9H,1,3-5,7-8H2. The van der Waals surface area contributed by atoms with Gasteiger partial charge in [0, 0.05) is 29.0 Å². The van der Waals surface area contributed by atoms with Crippen LogP contribution in [0.5, 0.6) is 0 Å². The van der Waals surface area contributed by atoms with Crippen molar-refractivity contribution in [1.29, 1.82) is 0 Å². The fourth-order valence-corrected chi connectivity index (χ4v) is 1.33. The number of hydrogen-bond donors (Lipinski definition) is 0. The molecule has 2 nitrogen and oxygen atoms in total. The third-order valence-electron chi connectivity index (χ3n) is 1.74. The Morgan fingerprint density at radius 1 is 1.50 bits per heavy atom. The Hall–Kier alpha value is -0.0400. The van der Waals surface area contributed by atoms with Crippen LogP contribution in [0.3, 0.4) is 0 Å². The number of rotatable bonds is 3. The molecule has 1 unspecified atom stereocenters.